The van der Waals surface area contributed by atoms with Crippen molar-refractivity contribution in [3.63, 3.8) is 0 Å². The predicted octanol–water partition coefficient (Wildman–Crippen LogP) is 4.17. The number of nitrogens with zero attached hydrogens (tertiary/aromatic N) is 4. The lowest BCUT2D eigenvalue weighted by Crippen LogP contribution is -2.34. The molecule has 0 saturated carbocycles. The van der Waals surface area contributed by atoms with Crippen molar-refractivity contribution in [1.82, 2.24) is 14.4 Å². The Morgan fingerprint density at radius 1 is 1.16 bits per heavy atom. The molecule has 5 nitrogen and oxygen atoms in total. The number of aromatic nitrogens is 3. The maximum atomic E-state index is 5.37. The van der Waals surface area contributed by atoms with Gasteiger partial charge in [0.2, 0.25) is 5.78 Å². The molecule has 1 aromatic carbocycles. The fourth-order valence-electron chi connectivity index (χ4n) is 3.68. The van der Waals surface area contributed by atoms with Crippen LogP contribution in [0.4, 0.5) is 5.82 Å². The van der Waals surface area contributed by atoms with Crippen LogP contribution < -0.4 is 4.90 Å². The van der Waals surface area contributed by atoms with Gasteiger partial charge in [-0.15, -0.1) is 0 Å². The van der Waals surface area contributed by atoms with Gasteiger partial charge in [0.25, 0.3) is 0 Å². The van der Waals surface area contributed by atoms with Crippen molar-refractivity contribution in [1.29, 1.82) is 0 Å². The minimum atomic E-state index is 0.787. The summed E-state index contributed by atoms with van der Waals surface area (Å²) in [6, 6.07) is 10.3. The summed E-state index contributed by atoms with van der Waals surface area (Å²) in [5.74, 6) is 2.65. The van der Waals surface area contributed by atoms with Gasteiger partial charge in [-0.05, 0) is 61.8 Å². The number of para-hydroxylation sites is 2. The summed E-state index contributed by atoms with van der Waals surface area (Å²) in [4.78, 5) is 11.9. The van der Waals surface area contributed by atoms with Gasteiger partial charge in [-0.3, -0.25) is 4.40 Å². The molecule has 1 aliphatic rings. The Balaban J connectivity index is 1.42. The molecule has 3 aromatic rings. The molecule has 6 heteroatoms. The monoisotopic (exact) mass is 356 g/mol. The van der Waals surface area contributed by atoms with E-state index in [1.54, 1.807) is 0 Å². The van der Waals surface area contributed by atoms with Crippen LogP contribution >= 0.6 is 12.0 Å². The molecule has 0 spiro atoms. The third-order valence-corrected chi connectivity index (χ3v) is 5.46. The van der Waals surface area contributed by atoms with Crippen molar-refractivity contribution in [2.75, 3.05) is 30.9 Å². The SMILES string of the molecule is CSOCCCC1CCN(c2ccn3c(n2)nc2ccccc23)CC1. The Morgan fingerprint density at radius 3 is 2.84 bits per heavy atom. The van der Waals surface area contributed by atoms with Crippen molar-refractivity contribution in [2.24, 2.45) is 5.92 Å². The highest BCUT2D eigenvalue weighted by Gasteiger charge is 2.20. The molecule has 0 unspecified atom stereocenters. The molecule has 1 saturated heterocycles. The maximum Gasteiger partial charge on any atom is 0.236 e. The van der Waals surface area contributed by atoms with Gasteiger partial charge in [-0.25, -0.2) is 4.98 Å². The maximum absolute atomic E-state index is 5.37. The molecule has 4 rings (SSSR count). The number of piperidine rings is 1. The van der Waals surface area contributed by atoms with Crippen molar-refractivity contribution in [3.05, 3.63) is 36.5 Å². The summed E-state index contributed by atoms with van der Waals surface area (Å²) in [5, 5.41) is 0. The van der Waals surface area contributed by atoms with E-state index < -0.39 is 0 Å². The lowest BCUT2D eigenvalue weighted by molar-refractivity contribution is 0.311. The smallest absolute Gasteiger partial charge is 0.236 e. The molecule has 1 aliphatic heterocycles. The molecular formula is C19H24N4OS. The summed E-state index contributed by atoms with van der Waals surface area (Å²) < 4.78 is 7.43. The van der Waals surface area contributed by atoms with E-state index in [0.717, 1.165) is 54.7 Å². The largest absolute Gasteiger partial charge is 0.356 e. The molecule has 0 aliphatic carbocycles. The molecular weight excluding hydrogens is 332 g/mol. The van der Waals surface area contributed by atoms with E-state index in [1.807, 2.05) is 24.5 Å². The Labute approximate surface area is 152 Å². The highest BCUT2D eigenvalue weighted by Crippen LogP contribution is 2.26. The lowest BCUT2D eigenvalue weighted by Gasteiger charge is -2.32. The van der Waals surface area contributed by atoms with Gasteiger partial charge in [0.1, 0.15) is 5.82 Å². The summed E-state index contributed by atoms with van der Waals surface area (Å²) >= 11 is 1.46. The molecule has 132 valence electrons. The van der Waals surface area contributed by atoms with E-state index in [0.29, 0.717) is 0 Å². The Kier molecular flexibility index (Phi) is 5.08. The normalized spacial score (nSPS) is 16.1. The van der Waals surface area contributed by atoms with E-state index in [2.05, 4.69) is 32.6 Å². The van der Waals surface area contributed by atoms with Gasteiger partial charge < -0.3 is 9.08 Å². The van der Waals surface area contributed by atoms with E-state index in [9.17, 15) is 0 Å². The third kappa shape index (κ3) is 3.60. The van der Waals surface area contributed by atoms with Crippen LogP contribution in [0.1, 0.15) is 25.7 Å². The second-order valence-corrected chi connectivity index (χ2v) is 7.19. The van der Waals surface area contributed by atoms with Gasteiger partial charge in [-0.2, -0.15) is 4.98 Å². The van der Waals surface area contributed by atoms with Crippen LogP contribution in [-0.2, 0) is 4.18 Å². The quantitative estimate of drug-likeness (QED) is 0.490. The predicted molar refractivity (Wildman–Crippen MR) is 104 cm³/mol. The number of benzene rings is 1. The number of imidazole rings is 1. The zero-order valence-electron chi connectivity index (χ0n) is 14.6. The minimum Gasteiger partial charge on any atom is -0.356 e. The molecule has 25 heavy (non-hydrogen) atoms. The first kappa shape index (κ1) is 16.7. The molecule has 0 atom stereocenters. The Bertz CT molecular complexity index is 842. The second kappa shape index (κ2) is 7.62. The van der Waals surface area contributed by atoms with Crippen LogP contribution in [0.5, 0.6) is 0 Å². The zero-order chi connectivity index (χ0) is 17.1. The van der Waals surface area contributed by atoms with Crippen LogP contribution in [0.15, 0.2) is 36.5 Å². The summed E-state index contributed by atoms with van der Waals surface area (Å²) in [5.41, 5.74) is 2.11. The van der Waals surface area contributed by atoms with Crippen molar-refractivity contribution in [2.45, 2.75) is 25.7 Å². The Morgan fingerprint density at radius 2 is 2.00 bits per heavy atom. The van der Waals surface area contributed by atoms with E-state index in [4.69, 9.17) is 9.17 Å². The molecule has 3 heterocycles. The van der Waals surface area contributed by atoms with E-state index in [-0.39, 0.29) is 0 Å². The van der Waals surface area contributed by atoms with Gasteiger partial charge in [0, 0.05) is 25.5 Å². The van der Waals surface area contributed by atoms with Crippen LogP contribution in [0.3, 0.4) is 0 Å². The van der Waals surface area contributed by atoms with E-state index in [1.165, 1.54) is 31.3 Å². The molecule has 0 radical (unpaired) electrons. The standard InChI is InChI=1S/C19H24N4OS/c1-25-24-14-4-5-15-8-11-22(12-9-15)18-10-13-23-17-7-3-2-6-16(17)20-19(23)21-18/h2-3,6-7,10,13,15H,4-5,8-9,11-12,14H2,1H3. The zero-order valence-corrected chi connectivity index (χ0v) is 15.4. The molecule has 0 N–H and O–H groups in total. The second-order valence-electron chi connectivity index (χ2n) is 6.62. The molecule has 2 aromatic heterocycles. The van der Waals surface area contributed by atoms with Gasteiger partial charge in [0.05, 0.1) is 17.6 Å². The van der Waals surface area contributed by atoms with Gasteiger partial charge >= 0.3 is 0 Å². The van der Waals surface area contributed by atoms with Crippen LogP contribution in [0, 0.1) is 5.92 Å². The lowest BCUT2D eigenvalue weighted by atomic mass is 9.92. The van der Waals surface area contributed by atoms with Gasteiger partial charge in [0.15, 0.2) is 0 Å². The highest BCUT2D eigenvalue weighted by molar-refractivity contribution is 7.93. The Hall–Kier alpha value is -1.79. The molecule has 1 fully saturated rings. The summed E-state index contributed by atoms with van der Waals surface area (Å²) in [6.45, 7) is 3.03. The van der Waals surface area contributed by atoms with Crippen LogP contribution in [0.2, 0.25) is 0 Å². The first-order valence-electron chi connectivity index (χ1n) is 8.99. The van der Waals surface area contributed by atoms with Crippen LogP contribution in [0.25, 0.3) is 16.8 Å². The summed E-state index contributed by atoms with van der Waals surface area (Å²) in [6.07, 6.45) is 8.98. The third-order valence-electron chi connectivity index (χ3n) is 5.06. The fraction of sp³-hybridized carbons (Fsp3) is 0.474. The minimum absolute atomic E-state index is 0.787. The van der Waals surface area contributed by atoms with Crippen molar-refractivity contribution >= 4 is 34.7 Å². The van der Waals surface area contributed by atoms with Gasteiger partial charge in [-0.1, -0.05) is 12.1 Å². The first-order valence-corrected chi connectivity index (χ1v) is 10.1. The molecule has 0 bridgehead atoms. The number of fused-ring (bicyclic) bond motifs is 3. The average molecular weight is 356 g/mol. The fourth-order valence-corrected chi connectivity index (χ4v) is 3.96. The number of hydrogen-bond acceptors (Lipinski definition) is 5. The first-order chi connectivity index (χ1) is 12.3. The number of hydrogen-bond donors (Lipinski definition) is 0. The summed E-state index contributed by atoms with van der Waals surface area (Å²) in [7, 11) is 0. The van der Waals surface area contributed by atoms with Crippen molar-refractivity contribution in [3.8, 4) is 0 Å². The van der Waals surface area contributed by atoms with Crippen molar-refractivity contribution < 1.29 is 4.18 Å². The van der Waals surface area contributed by atoms with E-state index >= 15 is 0 Å². The van der Waals surface area contributed by atoms with Crippen LogP contribution in [-0.4, -0.2) is 40.3 Å². The highest BCUT2D eigenvalue weighted by atomic mass is 32.2. The number of anilines is 1. The topological polar surface area (TPSA) is 42.7 Å². The number of rotatable bonds is 6. The molecule has 0 amide bonds. The average Bonchev–Trinajstić information content (AvgIpc) is 3.03.